The molecule has 0 atom stereocenters. The molecule has 0 heterocycles. The van der Waals surface area contributed by atoms with Crippen molar-refractivity contribution in [2.24, 2.45) is 0 Å². The molecule has 0 bridgehead atoms. The highest BCUT2D eigenvalue weighted by Crippen LogP contribution is 2.20. The minimum absolute atomic E-state index is 0.848. The lowest BCUT2D eigenvalue weighted by molar-refractivity contribution is 1.14. The molecule has 116 valence electrons. The topological polar surface area (TPSA) is 24.1 Å². The standard InChI is InChI=1S/C15H18N2.2C2H6/c1-12-6-5-7-13(10-12)11-17-15-9-4-3-8-14(15)16-2;2*1-2/h3-10,16-17H,11H2,1-2H3;2*1-2H3. The third-order valence-corrected chi connectivity index (χ3v) is 2.76. The number of aryl methyl sites for hydroxylation is 1. The zero-order valence-corrected chi connectivity index (χ0v) is 14.3. The summed E-state index contributed by atoms with van der Waals surface area (Å²) in [5.74, 6) is 0. The molecule has 0 spiro atoms. The van der Waals surface area contributed by atoms with Crippen molar-refractivity contribution in [2.45, 2.75) is 41.2 Å². The second kappa shape index (κ2) is 11.8. The van der Waals surface area contributed by atoms with Crippen LogP contribution in [0.3, 0.4) is 0 Å². The fourth-order valence-electron chi connectivity index (χ4n) is 1.87. The highest BCUT2D eigenvalue weighted by Gasteiger charge is 1.99. The molecule has 2 N–H and O–H groups in total. The Bertz CT molecular complexity index is 492. The first-order valence-electron chi connectivity index (χ1n) is 7.86. The van der Waals surface area contributed by atoms with Crippen LogP contribution < -0.4 is 10.6 Å². The fourth-order valence-corrected chi connectivity index (χ4v) is 1.87. The molecule has 0 aromatic heterocycles. The Hall–Kier alpha value is -1.96. The van der Waals surface area contributed by atoms with Crippen molar-refractivity contribution >= 4 is 11.4 Å². The van der Waals surface area contributed by atoms with E-state index in [1.54, 1.807) is 0 Å². The van der Waals surface area contributed by atoms with E-state index in [-0.39, 0.29) is 0 Å². The van der Waals surface area contributed by atoms with Crippen LogP contribution in [0.5, 0.6) is 0 Å². The van der Waals surface area contributed by atoms with Gasteiger partial charge in [-0.05, 0) is 24.6 Å². The molecular formula is C19H30N2. The van der Waals surface area contributed by atoms with Gasteiger partial charge < -0.3 is 10.6 Å². The average molecular weight is 286 g/mol. The lowest BCUT2D eigenvalue weighted by Crippen LogP contribution is -2.02. The van der Waals surface area contributed by atoms with Gasteiger partial charge in [0.05, 0.1) is 11.4 Å². The predicted molar refractivity (Wildman–Crippen MR) is 97.2 cm³/mol. The molecule has 21 heavy (non-hydrogen) atoms. The van der Waals surface area contributed by atoms with Crippen LogP contribution in [0.25, 0.3) is 0 Å². The first-order chi connectivity index (χ1) is 10.3. The minimum Gasteiger partial charge on any atom is -0.386 e. The average Bonchev–Trinajstić information content (AvgIpc) is 2.57. The first-order valence-corrected chi connectivity index (χ1v) is 7.86. The van der Waals surface area contributed by atoms with Crippen LogP contribution >= 0.6 is 0 Å². The monoisotopic (exact) mass is 286 g/mol. The summed E-state index contributed by atoms with van der Waals surface area (Å²) in [6, 6.07) is 16.8. The van der Waals surface area contributed by atoms with Crippen LogP contribution in [0.2, 0.25) is 0 Å². The molecule has 2 nitrogen and oxygen atoms in total. The lowest BCUT2D eigenvalue weighted by Gasteiger charge is -2.11. The van der Waals surface area contributed by atoms with Crippen LogP contribution in [-0.2, 0) is 6.54 Å². The normalized spacial score (nSPS) is 8.67. The largest absolute Gasteiger partial charge is 0.386 e. The summed E-state index contributed by atoms with van der Waals surface area (Å²) < 4.78 is 0. The van der Waals surface area contributed by atoms with Crippen LogP contribution in [0.1, 0.15) is 38.8 Å². The second-order valence-corrected chi connectivity index (χ2v) is 4.14. The van der Waals surface area contributed by atoms with Crippen molar-refractivity contribution in [3.8, 4) is 0 Å². The third-order valence-electron chi connectivity index (χ3n) is 2.76. The number of hydrogen-bond donors (Lipinski definition) is 2. The van der Waals surface area contributed by atoms with E-state index < -0.39 is 0 Å². The van der Waals surface area contributed by atoms with E-state index in [0.29, 0.717) is 0 Å². The predicted octanol–water partition coefficient (Wildman–Crippen LogP) is 5.70. The summed E-state index contributed by atoms with van der Waals surface area (Å²) in [5.41, 5.74) is 4.86. The van der Waals surface area contributed by atoms with Crippen LogP contribution in [-0.4, -0.2) is 7.05 Å². The molecule has 2 aromatic carbocycles. The molecule has 0 saturated heterocycles. The van der Waals surface area contributed by atoms with E-state index >= 15 is 0 Å². The van der Waals surface area contributed by atoms with Crippen molar-refractivity contribution in [2.75, 3.05) is 17.7 Å². The Morgan fingerprint density at radius 2 is 1.43 bits per heavy atom. The van der Waals surface area contributed by atoms with Crippen molar-refractivity contribution < 1.29 is 0 Å². The van der Waals surface area contributed by atoms with Gasteiger partial charge in [0.1, 0.15) is 0 Å². The maximum atomic E-state index is 3.45. The maximum Gasteiger partial charge on any atom is 0.0578 e. The number of nitrogens with one attached hydrogen (secondary N) is 2. The van der Waals surface area contributed by atoms with E-state index in [4.69, 9.17) is 0 Å². The molecule has 0 saturated carbocycles. The van der Waals surface area contributed by atoms with E-state index in [2.05, 4.69) is 54.0 Å². The Morgan fingerprint density at radius 1 is 0.810 bits per heavy atom. The summed E-state index contributed by atoms with van der Waals surface area (Å²) in [6.45, 7) is 11.0. The van der Waals surface area contributed by atoms with Gasteiger partial charge in [0.15, 0.2) is 0 Å². The summed E-state index contributed by atoms with van der Waals surface area (Å²) in [7, 11) is 1.94. The number of rotatable bonds is 4. The van der Waals surface area contributed by atoms with Gasteiger partial charge in [-0.2, -0.15) is 0 Å². The number of para-hydroxylation sites is 2. The molecule has 0 aliphatic carbocycles. The van der Waals surface area contributed by atoms with Gasteiger partial charge in [-0.25, -0.2) is 0 Å². The highest BCUT2D eigenvalue weighted by molar-refractivity contribution is 5.68. The molecule has 0 amide bonds. The molecule has 2 heteroatoms. The molecule has 0 fully saturated rings. The number of hydrogen-bond acceptors (Lipinski definition) is 2. The van der Waals surface area contributed by atoms with Gasteiger partial charge in [-0.3, -0.25) is 0 Å². The summed E-state index contributed by atoms with van der Waals surface area (Å²) >= 11 is 0. The van der Waals surface area contributed by atoms with Crippen molar-refractivity contribution in [1.82, 2.24) is 0 Å². The number of benzene rings is 2. The Morgan fingerprint density at radius 3 is 2.00 bits per heavy atom. The molecule has 0 radical (unpaired) electrons. The molecular weight excluding hydrogens is 256 g/mol. The van der Waals surface area contributed by atoms with E-state index in [1.807, 2.05) is 46.9 Å². The number of anilines is 2. The van der Waals surface area contributed by atoms with Gasteiger partial charge in [-0.15, -0.1) is 0 Å². The van der Waals surface area contributed by atoms with Crippen LogP contribution in [0.4, 0.5) is 11.4 Å². The SMILES string of the molecule is CC.CC.CNc1ccccc1NCc1cccc(C)c1. The molecule has 0 aliphatic heterocycles. The maximum absolute atomic E-state index is 3.45. The molecule has 0 unspecified atom stereocenters. The van der Waals surface area contributed by atoms with E-state index in [1.165, 1.54) is 11.1 Å². The summed E-state index contributed by atoms with van der Waals surface area (Å²) in [4.78, 5) is 0. The molecule has 0 aliphatic rings. The molecule has 2 aromatic rings. The minimum atomic E-state index is 0.848. The third kappa shape index (κ3) is 6.84. The lowest BCUT2D eigenvalue weighted by atomic mass is 10.1. The van der Waals surface area contributed by atoms with Gasteiger partial charge in [0, 0.05) is 13.6 Å². The Kier molecular flexibility index (Phi) is 10.7. The zero-order valence-electron chi connectivity index (χ0n) is 14.3. The van der Waals surface area contributed by atoms with Gasteiger partial charge >= 0.3 is 0 Å². The highest BCUT2D eigenvalue weighted by atomic mass is 14.9. The Balaban J connectivity index is 0.000000921. The van der Waals surface area contributed by atoms with Crippen LogP contribution in [0, 0.1) is 6.92 Å². The van der Waals surface area contributed by atoms with E-state index in [0.717, 1.165) is 17.9 Å². The van der Waals surface area contributed by atoms with Crippen molar-refractivity contribution in [3.63, 3.8) is 0 Å². The van der Waals surface area contributed by atoms with Crippen molar-refractivity contribution in [1.29, 1.82) is 0 Å². The quantitative estimate of drug-likeness (QED) is 0.753. The van der Waals surface area contributed by atoms with E-state index in [9.17, 15) is 0 Å². The van der Waals surface area contributed by atoms with Gasteiger partial charge in [0.25, 0.3) is 0 Å². The smallest absolute Gasteiger partial charge is 0.0578 e. The first kappa shape index (κ1) is 19.0. The van der Waals surface area contributed by atoms with Gasteiger partial charge in [0.2, 0.25) is 0 Å². The Labute approximate surface area is 130 Å². The zero-order chi connectivity index (χ0) is 16.1. The molecule has 2 rings (SSSR count). The van der Waals surface area contributed by atoms with Crippen LogP contribution in [0.15, 0.2) is 48.5 Å². The summed E-state index contributed by atoms with van der Waals surface area (Å²) in [5, 5.41) is 6.63. The fraction of sp³-hybridized carbons (Fsp3) is 0.368. The van der Waals surface area contributed by atoms with Gasteiger partial charge in [-0.1, -0.05) is 69.7 Å². The second-order valence-electron chi connectivity index (χ2n) is 4.14. The summed E-state index contributed by atoms with van der Waals surface area (Å²) in [6.07, 6.45) is 0. The van der Waals surface area contributed by atoms with Crippen molar-refractivity contribution in [3.05, 3.63) is 59.7 Å².